The number of nitrogens with one attached hydrogen (secondary N) is 1. The molecule has 1 N–H and O–H groups in total. The van der Waals surface area contributed by atoms with Gasteiger partial charge in [0.15, 0.2) is 5.84 Å². The molecule has 2 heterocycles. The molecule has 4 nitrogen and oxygen atoms in total. The molecule has 5 aromatic carbocycles. The van der Waals surface area contributed by atoms with Gasteiger partial charge in [0.05, 0.1) is 23.1 Å². The lowest BCUT2D eigenvalue weighted by molar-refractivity contribution is 0.623. The molecule has 0 spiro atoms. The van der Waals surface area contributed by atoms with E-state index < -0.39 is 0 Å². The largest absolute Gasteiger partial charge is 0.334 e. The third-order valence-electron chi connectivity index (χ3n) is 12.7. The summed E-state index contributed by atoms with van der Waals surface area (Å²) in [6, 6.07) is 39.0. The maximum atomic E-state index is 9.34. The second-order valence-corrected chi connectivity index (χ2v) is 17.9. The van der Waals surface area contributed by atoms with Gasteiger partial charge < -0.3 is 9.80 Å². The number of anilines is 4. The maximum Gasteiger partial charge on any atom is 0.152 e. The van der Waals surface area contributed by atoms with E-state index in [-0.39, 0.29) is 17.8 Å². The summed E-state index contributed by atoms with van der Waals surface area (Å²) < 4.78 is 0. The SMILES string of the molecule is C=C(c1ccc2c(c1)Sc1ccccc1N2C1=CCC=CC=C1)C1CC(/C=C\C)c2c(ccc(/C=C\CC)c2C)N1c1ccc(C(=N)N=C(C2=CC=CCCC2)c2ccccc2)cc1.CC.CC.CC.CC. The van der Waals surface area contributed by atoms with Crippen molar-refractivity contribution < 1.29 is 0 Å². The molecular formula is C67H80N4S. The standard InChI is InChI=1S/C59H56N4S.4C2H6/c1-5-7-22-43-33-38-53-57(42(43)4)48(21-6-2)39-54(41(3)47-34-37-52-56(40-47)64-55-30-20-19-29-51(55)62(52)49-27-17-10-11-18-28-49)63(53)50-35-31-46(32-36-50)59(60)61-58(45-25-15-12-16-26-45)44-23-13-8-9-14-24-44;4*1-2/h6-8,10-13,15-17,19-23,25-38,40,48,54,60H,3,5,9,14,18,24,39H2,1-2,4H3;4*1-2H3/b21-6-,22-7-,60-59?,61-58?;;;;. The van der Waals surface area contributed by atoms with Crippen molar-refractivity contribution in [2.75, 3.05) is 9.80 Å². The summed E-state index contributed by atoms with van der Waals surface area (Å²) >= 11 is 1.84. The highest BCUT2D eigenvalue weighted by Gasteiger charge is 2.36. The van der Waals surface area contributed by atoms with Crippen LogP contribution in [0.25, 0.3) is 11.6 Å². The van der Waals surface area contributed by atoms with Gasteiger partial charge in [0.1, 0.15) is 0 Å². The van der Waals surface area contributed by atoms with Crippen molar-refractivity contribution in [2.45, 2.75) is 136 Å². The molecule has 72 heavy (non-hydrogen) atoms. The van der Waals surface area contributed by atoms with E-state index in [9.17, 15) is 5.41 Å². The Morgan fingerprint density at radius 3 is 2.19 bits per heavy atom. The lowest BCUT2D eigenvalue weighted by Gasteiger charge is -2.44. The molecule has 2 atom stereocenters. The van der Waals surface area contributed by atoms with Crippen molar-refractivity contribution in [3.63, 3.8) is 0 Å². The highest BCUT2D eigenvalue weighted by molar-refractivity contribution is 7.99. The molecule has 374 valence electrons. The Labute approximate surface area is 439 Å². The number of amidine groups is 1. The normalized spacial score (nSPS) is 16.6. The second kappa shape index (κ2) is 29.0. The lowest BCUT2D eigenvalue weighted by Crippen LogP contribution is -2.38. The zero-order valence-corrected chi connectivity index (χ0v) is 46.0. The van der Waals surface area contributed by atoms with Crippen LogP contribution in [0.1, 0.15) is 147 Å². The molecule has 2 aliphatic heterocycles. The molecule has 0 saturated carbocycles. The smallest absolute Gasteiger partial charge is 0.152 e. The summed E-state index contributed by atoms with van der Waals surface area (Å²) in [4.78, 5) is 12.4. The van der Waals surface area contributed by atoms with E-state index >= 15 is 0 Å². The van der Waals surface area contributed by atoms with Crippen LogP contribution in [0.4, 0.5) is 22.7 Å². The van der Waals surface area contributed by atoms with E-state index in [4.69, 9.17) is 11.6 Å². The highest BCUT2D eigenvalue weighted by Crippen LogP contribution is 2.53. The Bertz CT molecular complexity index is 2830. The van der Waals surface area contributed by atoms with Gasteiger partial charge in [-0.15, -0.1) is 0 Å². The molecule has 0 radical (unpaired) electrons. The van der Waals surface area contributed by atoms with E-state index in [0.717, 1.165) is 72.2 Å². The van der Waals surface area contributed by atoms with E-state index in [1.807, 2.05) is 85.4 Å². The summed E-state index contributed by atoms with van der Waals surface area (Å²) in [6.07, 6.45) is 32.4. The van der Waals surface area contributed by atoms with Crippen molar-refractivity contribution in [3.05, 3.63) is 227 Å². The quantitative estimate of drug-likeness (QED) is 0.0861. The molecular weight excluding hydrogens is 893 g/mol. The predicted octanol–water partition coefficient (Wildman–Crippen LogP) is 20.3. The summed E-state index contributed by atoms with van der Waals surface area (Å²) in [6.45, 7) is 27.6. The zero-order valence-electron chi connectivity index (χ0n) is 45.2. The van der Waals surface area contributed by atoms with Gasteiger partial charge in [0, 0.05) is 43.9 Å². The molecule has 4 aliphatic rings. The molecule has 2 unspecified atom stereocenters. The zero-order chi connectivity index (χ0) is 52.0. The van der Waals surface area contributed by atoms with Gasteiger partial charge in [0.2, 0.25) is 0 Å². The number of fused-ring (bicyclic) bond motifs is 3. The van der Waals surface area contributed by atoms with Crippen LogP contribution in [0, 0.1) is 12.3 Å². The fraction of sp³-hybridized carbons (Fsp3) is 0.284. The third kappa shape index (κ3) is 13.0. The van der Waals surface area contributed by atoms with Gasteiger partial charge in [-0.1, -0.05) is 202 Å². The molecule has 5 heteroatoms. The van der Waals surface area contributed by atoms with Gasteiger partial charge in [-0.25, -0.2) is 4.99 Å². The van der Waals surface area contributed by atoms with E-state index in [2.05, 4.69) is 194 Å². The minimum Gasteiger partial charge on any atom is -0.334 e. The number of hydrogen-bond donors (Lipinski definition) is 1. The average Bonchev–Trinajstić information content (AvgIpc) is 3.90. The van der Waals surface area contributed by atoms with Gasteiger partial charge in [0.25, 0.3) is 0 Å². The lowest BCUT2D eigenvalue weighted by atomic mass is 9.78. The van der Waals surface area contributed by atoms with Gasteiger partial charge >= 0.3 is 0 Å². The molecule has 0 saturated heterocycles. The van der Waals surface area contributed by atoms with Gasteiger partial charge in [-0.2, -0.15) is 0 Å². The van der Waals surface area contributed by atoms with Crippen molar-refractivity contribution in [1.29, 1.82) is 5.41 Å². The topological polar surface area (TPSA) is 42.7 Å². The average molecular weight is 973 g/mol. The Balaban J connectivity index is 0.00000115. The van der Waals surface area contributed by atoms with E-state index in [0.29, 0.717) is 0 Å². The molecule has 2 aliphatic carbocycles. The van der Waals surface area contributed by atoms with Gasteiger partial charge in [-0.3, -0.25) is 5.41 Å². The van der Waals surface area contributed by atoms with Crippen LogP contribution in [0.2, 0.25) is 0 Å². The minimum absolute atomic E-state index is 0.0398. The van der Waals surface area contributed by atoms with Gasteiger partial charge in [-0.05, 0) is 146 Å². The predicted molar refractivity (Wildman–Crippen MR) is 320 cm³/mol. The van der Waals surface area contributed by atoms with Crippen LogP contribution in [0.15, 0.2) is 209 Å². The van der Waals surface area contributed by atoms with Crippen LogP contribution in [0.3, 0.4) is 0 Å². The van der Waals surface area contributed by atoms with Crippen LogP contribution >= 0.6 is 11.8 Å². The number of allylic oxidation sites excluding steroid dienone is 12. The number of hydrogen-bond acceptors (Lipinski definition) is 4. The number of para-hydroxylation sites is 1. The Morgan fingerprint density at radius 1 is 0.764 bits per heavy atom. The maximum absolute atomic E-state index is 9.34. The van der Waals surface area contributed by atoms with Crippen LogP contribution in [-0.2, 0) is 0 Å². The molecule has 0 bridgehead atoms. The molecule has 0 amide bonds. The molecule has 0 fully saturated rings. The number of benzene rings is 5. The fourth-order valence-electron chi connectivity index (χ4n) is 9.50. The summed E-state index contributed by atoms with van der Waals surface area (Å²) in [5.41, 5.74) is 15.8. The monoisotopic (exact) mass is 973 g/mol. The van der Waals surface area contributed by atoms with Crippen LogP contribution < -0.4 is 9.80 Å². The Kier molecular flexibility index (Phi) is 22.6. The fourth-order valence-corrected chi connectivity index (χ4v) is 10.6. The van der Waals surface area contributed by atoms with Crippen molar-refractivity contribution in [3.8, 4) is 0 Å². The van der Waals surface area contributed by atoms with Crippen molar-refractivity contribution >= 4 is 57.7 Å². The first-order chi connectivity index (χ1) is 35.4. The third-order valence-corrected chi connectivity index (χ3v) is 13.8. The first kappa shape index (κ1) is 56.2. The van der Waals surface area contributed by atoms with Crippen molar-refractivity contribution in [2.24, 2.45) is 4.99 Å². The molecule has 9 rings (SSSR count). The Morgan fingerprint density at radius 2 is 1.46 bits per heavy atom. The first-order valence-electron chi connectivity index (χ1n) is 26.8. The first-order valence-corrected chi connectivity index (χ1v) is 27.6. The van der Waals surface area contributed by atoms with E-state index in [1.165, 1.54) is 54.8 Å². The Hall–Kier alpha value is -6.69. The van der Waals surface area contributed by atoms with E-state index in [1.54, 1.807) is 0 Å². The second-order valence-electron chi connectivity index (χ2n) is 16.8. The number of rotatable bonds is 10. The summed E-state index contributed by atoms with van der Waals surface area (Å²) in [5, 5.41) is 9.34. The number of nitrogens with zero attached hydrogens (tertiary/aromatic N) is 3. The molecule has 0 aromatic heterocycles. The van der Waals surface area contributed by atoms with Crippen molar-refractivity contribution in [1.82, 2.24) is 0 Å². The highest BCUT2D eigenvalue weighted by atomic mass is 32.2. The minimum atomic E-state index is -0.0398. The summed E-state index contributed by atoms with van der Waals surface area (Å²) in [7, 11) is 0. The molecule has 5 aromatic rings. The van der Waals surface area contributed by atoms with Crippen LogP contribution in [0.5, 0.6) is 0 Å². The summed E-state index contributed by atoms with van der Waals surface area (Å²) in [5.74, 6) is 0.459. The number of aliphatic imine (C=N–C) groups is 1. The van der Waals surface area contributed by atoms with Crippen LogP contribution in [-0.4, -0.2) is 17.6 Å².